The van der Waals surface area contributed by atoms with E-state index in [1.807, 2.05) is 0 Å². The Labute approximate surface area is 298 Å². The van der Waals surface area contributed by atoms with E-state index in [1.165, 1.54) is 103 Å². The molecule has 1 heterocycles. The van der Waals surface area contributed by atoms with Gasteiger partial charge in [0.05, 0.1) is 25.4 Å². The molecule has 1 rings (SSSR count). The zero-order chi connectivity index (χ0) is 36.1. The molecule has 49 heavy (non-hydrogen) atoms. The van der Waals surface area contributed by atoms with Crippen LogP contribution in [-0.4, -0.2) is 98.7 Å². The number of carbonyl (C=O) groups is 1. The maximum Gasteiger partial charge on any atom is 0.220 e. The lowest BCUT2D eigenvalue weighted by Crippen LogP contribution is -2.60. The van der Waals surface area contributed by atoms with E-state index in [9.17, 15) is 35.4 Å². The minimum atomic E-state index is -1.60. The average Bonchev–Trinajstić information content (AvgIpc) is 3.10. The highest BCUT2D eigenvalue weighted by atomic mass is 16.7. The van der Waals surface area contributed by atoms with E-state index in [2.05, 4.69) is 19.2 Å². The lowest BCUT2D eigenvalue weighted by Gasteiger charge is -2.40. The van der Waals surface area contributed by atoms with Gasteiger partial charge in [0, 0.05) is 6.42 Å². The lowest BCUT2D eigenvalue weighted by molar-refractivity contribution is -0.303. The van der Waals surface area contributed by atoms with Crippen molar-refractivity contribution in [2.75, 3.05) is 13.2 Å². The third-order valence-corrected chi connectivity index (χ3v) is 10.1. The number of hydrogen-bond acceptors (Lipinski definition) is 9. The highest BCUT2D eigenvalue weighted by Gasteiger charge is 2.44. The fourth-order valence-corrected chi connectivity index (χ4v) is 6.67. The predicted octanol–water partition coefficient (Wildman–Crippen LogP) is 6.19. The molecule has 1 fully saturated rings. The molecule has 1 saturated heterocycles. The molecule has 0 aromatic rings. The Morgan fingerprint density at radius 1 is 0.633 bits per heavy atom. The van der Waals surface area contributed by atoms with Crippen molar-refractivity contribution in [1.29, 1.82) is 0 Å². The van der Waals surface area contributed by atoms with E-state index in [1.54, 1.807) is 0 Å². The molecule has 1 amide bonds. The average molecular weight is 704 g/mol. The highest BCUT2D eigenvalue weighted by Crippen LogP contribution is 2.23. The molecule has 0 aliphatic carbocycles. The molecular weight excluding hydrogens is 626 g/mol. The van der Waals surface area contributed by atoms with Crippen molar-refractivity contribution in [3.05, 3.63) is 0 Å². The van der Waals surface area contributed by atoms with Crippen molar-refractivity contribution in [1.82, 2.24) is 5.32 Å². The van der Waals surface area contributed by atoms with Crippen LogP contribution in [0.25, 0.3) is 0 Å². The SMILES string of the molecule is CCCCCCCCCCCCCCCC(=O)N[C@@H](CO[C@@H]1O[C@H](CO)[C@@H](O)C(O)C1O)[C@H](O)[C@H](O)CCCCCCCCCCCCC. The first-order valence-corrected chi connectivity index (χ1v) is 20.3. The van der Waals surface area contributed by atoms with Gasteiger partial charge in [-0.1, -0.05) is 162 Å². The van der Waals surface area contributed by atoms with Crippen LogP contribution in [0.3, 0.4) is 0 Å². The van der Waals surface area contributed by atoms with Gasteiger partial charge in [-0.15, -0.1) is 0 Å². The van der Waals surface area contributed by atoms with Gasteiger partial charge in [-0.25, -0.2) is 0 Å². The number of ether oxygens (including phenoxy) is 2. The molecule has 0 aromatic carbocycles. The summed E-state index contributed by atoms with van der Waals surface area (Å²) < 4.78 is 11.1. The minimum Gasteiger partial charge on any atom is -0.394 e. The Bertz CT molecular complexity index is 758. The molecule has 10 nitrogen and oxygen atoms in total. The van der Waals surface area contributed by atoms with E-state index in [0.29, 0.717) is 6.42 Å². The van der Waals surface area contributed by atoms with Crippen LogP contribution < -0.4 is 5.32 Å². The maximum absolute atomic E-state index is 12.9. The number of rotatable bonds is 33. The summed E-state index contributed by atoms with van der Waals surface area (Å²) in [4.78, 5) is 12.9. The van der Waals surface area contributed by atoms with Gasteiger partial charge in [-0.05, 0) is 12.8 Å². The number of aliphatic hydroxyl groups excluding tert-OH is 6. The number of unbranched alkanes of at least 4 members (excludes halogenated alkanes) is 22. The summed E-state index contributed by atoms with van der Waals surface area (Å²) in [6.45, 7) is 3.58. The zero-order valence-corrected chi connectivity index (χ0v) is 31.3. The summed E-state index contributed by atoms with van der Waals surface area (Å²) >= 11 is 0. The van der Waals surface area contributed by atoms with Gasteiger partial charge in [0.15, 0.2) is 6.29 Å². The van der Waals surface area contributed by atoms with Crippen LogP contribution in [0.4, 0.5) is 0 Å². The number of carbonyl (C=O) groups excluding carboxylic acids is 1. The summed E-state index contributed by atoms with van der Waals surface area (Å²) in [5.41, 5.74) is 0. The highest BCUT2D eigenvalue weighted by molar-refractivity contribution is 5.76. The first kappa shape index (κ1) is 46.2. The monoisotopic (exact) mass is 704 g/mol. The Hall–Kier alpha value is -0.850. The summed E-state index contributed by atoms with van der Waals surface area (Å²) in [5.74, 6) is -0.258. The van der Waals surface area contributed by atoms with E-state index in [-0.39, 0.29) is 18.9 Å². The van der Waals surface area contributed by atoms with Crippen molar-refractivity contribution >= 4 is 5.91 Å². The molecule has 0 bridgehead atoms. The number of hydrogen-bond donors (Lipinski definition) is 7. The number of aliphatic hydroxyl groups is 6. The van der Waals surface area contributed by atoms with E-state index in [0.717, 1.165) is 51.4 Å². The van der Waals surface area contributed by atoms with Gasteiger partial charge in [0.2, 0.25) is 5.91 Å². The topological polar surface area (TPSA) is 169 Å². The van der Waals surface area contributed by atoms with Gasteiger partial charge < -0.3 is 45.4 Å². The van der Waals surface area contributed by atoms with Crippen molar-refractivity contribution < 1.29 is 44.9 Å². The second kappa shape index (κ2) is 30.7. The van der Waals surface area contributed by atoms with E-state index in [4.69, 9.17) is 9.47 Å². The fraction of sp³-hybridized carbons (Fsp3) is 0.974. The Balaban J connectivity index is 2.47. The van der Waals surface area contributed by atoms with Crippen LogP contribution in [0.5, 0.6) is 0 Å². The third kappa shape index (κ3) is 22.0. The Morgan fingerprint density at radius 2 is 1.06 bits per heavy atom. The molecule has 7 N–H and O–H groups in total. The first-order valence-electron chi connectivity index (χ1n) is 20.3. The van der Waals surface area contributed by atoms with Crippen molar-refractivity contribution in [2.24, 2.45) is 0 Å². The molecule has 0 saturated carbocycles. The Kier molecular flexibility index (Phi) is 29.0. The summed E-state index contributed by atoms with van der Waals surface area (Å²) in [6.07, 6.45) is 19.7. The zero-order valence-electron chi connectivity index (χ0n) is 31.3. The summed E-state index contributed by atoms with van der Waals surface area (Å²) in [5, 5.41) is 64.8. The standard InChI is InChI=1S/C39H77NO9/c1-3-5-7-9-11-13-15-16-18-20-22-24-26-28-34(43)40-31(30-48-39-38(47)37(46)36(45)33(29-41)49-39)35(44)32(42)27-25-23-21-19-17-14-12-10-8-6-4-2/h31-33,35-39,41-42,44-47H,3-30H2,1-2H3,(H,40,43)/t31-,32+,33+,35-,36+,37?,38?,39+/m0/s1. The van der Waals surface area contributed by atoms with Crippen LogP contribution in [-0.2, 0) is 14.3 Å². The summed E-state index contributed by atoms with van der Waals surface area (Å²) in [6, 6.07) is -0.982. The lowest BCUT2D eigenvalue weighted by atomic mass is 9.98. The molecule has 1 aliphatic rings. The molecule has 8 atom stereocenters. The van der Waals surface area contributed by atoms with Crippen molar-refractivity contribution in [3.63, 3.8) is 0 Å². The third-order valence-electron chi connectivity index (χ3n) is 10.1. The minimum absolute atomic E-state index is 0.258. The van der Waals surface area contributed by atoms with Gasteiger partial charge in [0.25, 0.3) is 0 Å². The molecule has 2 unspecified atom stereocenters. The van der Waals surface area contributed by atoms with Crippen molar-refractivity contribution in [2.45, 2.75) is 230 Å². The summed E-state index contributed by atoms with van der Waals surface area (Å²) in [7, 11) is 0. The molecule has 292 valence electrons. The number of nitrogens with one attached hydrogen (secondary N) is 1. The van der Waals surface area contributed by atoms with E-state index >= 15 is 0 Å². The van der Waals surface area contributed by atoms with Gasteiger partial charge in [-0.2, -0.15) is 0 Å². The van der Waals surface area contributed by atoms with Gasteiger partial charge in [0.1, 0.15) is 30.5 Å². The first-order chi connectivity index (χ1) is 23.8. The van der Waals surface area contributed by atoms with Crippen LogP contribution in [0.15, 0.2) is 0 Å². The number of amides is 1. The molecule has 0 aromatic heterocycles. The largest absolute Gasteiger partial charge is 0.394 e. The van der Waals surface area contributed by atoms with Crippen LogP contribution in [0, 0.1) is 0 Å². The maximum atomic E-state index is 12.9. The molecule has 1 aliphatic heterocycles. The Morgan fingerprint density at radius 3 is 1.51 bits per heavy atom. The van der Waals surface area contributed by atoms with Crippen molar-refractivity contribution in [3.8, 4) is 0 Å². The smallest absolute Gasteiger partial charge is 0.220 e. The van der Waals surface area contributed by atoms with Crippen LogP contribution >= 0.6 is 0 Å². The molecule has 0 radical (unpaired) electrons. The van der Waals surface area contributed by atoms with Gasteiger partial charge in [-0.3, -0.25) is 4.79 Å². The van der Waals surface area contributed by atoms with E-state index < -0.39 is 55.6 Å². The predicted molar refractivity (Wildman–Crippen MR) is 195 cm³/mol. The van der Waals surface area contributed by atoms with Gasteiger partial charge >= 0.3 is 0 Å². The molecule has 10 heteroatoms. The fourth-order valence-electron chi connectivity index (χ4n) is 6.67. The normalized spacial score (nSPS) is 23.0. The van der Waals surface area contributed by atoms with Crippen LogP contribution in [0.1, 0.15) is 181 Å². The quantitative estimate of drug-likeness (QED) is 0.0394. The molecular formula is C39H77NO9. The van der Waals surface area contributed by atoms with Crippen LogP contribution in [0.2, 0.25) is 0 Å². The molecule has 0 spiro atoms. The second-order valence-corrected chi connectivity index (χ2v) is 14.6. The second-order valence-electron chi connectivity index (χ2n) is 14.6.